The van der Waals surface area contributed by atoms with Crippen molar-refractivity contribution < 1.29 is 14.3 Å². The van der Waals surface area contributed by atoms with Crippen molar-refractivity contribution in [3.05, 3.63) is 59.2 Å². The number of hydrogen-bond acceptors (Lipinski definition) is 5. The van der Waals surface area contributed by atoms with Crippen LogP contribution in [0, 0.1) is 0 Å². The predicted molar refractivity (Wildman–Crippen MR) is 98.1 cm³/mol. The van der Waals surface area contributed by atoms with Crippen molar-refractivity contribution in [3.63, 3.8) is 0 Å². The molecule has 0 radical (unpaired) electrons. The molecular formula is C18H19ClN4O3. The highest BCUT2D eigenvalue weighted by Crippen LogP contribution is 2.22. The topological polar surface area (TPSA) is 76.5 Å². The highest BCUT2D eigenvalue weighted by molar-refractivity contribution is 6.33. The average Bonchev–Trinajstić information content (AvgIpc) is 3.06. The van der Waals surface area contributed by atoms with E-state index >= 15 is 0 Å². The van der Waals surface area contributed by atoms with Crippen molar-refractivity contribution in [1.29, 1.82) is 0 Å². The number of fused-ring (bicyclic) bond motifs is 1. The lowest BCUT2D eigenvalue weighted by Crippen LogP contribution is -2.35. The zero-order valence-electron chi connectivity index (χ0n) is 14.3. The number of aromatic nitrogens is 2. The summed E-state index contributed by atoms with van der Waals surface area (Å²) in [5.74, 6) is 0.199. The Morgan fingerprint density at radius 3 is 2.92 bits per heavy atom. The second-order valence-electron chi connectivity index (χ2n) is 5.81. The Kier molecular flexibility index (Phi) is 5.70. The maximum atomic E-state index is 12.6. The summed E-state index contributed by atoms with van der Waals surface area (Å²) in [7, 11) is 1.35. The van der Waals surface area contributed by atoms with Gasteiger partial charge in [-0.3, -0.25) is 9.69 Å². The van der Waals surface area contributed by atoms with E-state index in [1.54, 1.807) is 24.4 Å². The number of carbonyl (C=O) groups excluding carboxylic acids is 2. The van der Waals surface area contributed by atoms with E-state index in [0.29, 0.717) is 36.0 Å². The third-order valence-corrected chi connectivity index (χ3v) is 4.45. The van der Waals surface area contributed by atoms with Gasteiger partial charge in [-0.25, -0.2) is 9.78 Å². The van der Waals surface area contributed by atoms with Crippen LogP contribution in [0.15, 0.2) is 42.6 Å². The zero-order valence-corrected chi connectivity index (χ0v) is 15.1. The van der Waals surface area contributed by atoms with Crippen molar-refractivity contribution in [3.8, 4) is 0 Å². The SMILES string of the molecule is COC(=O)/C=C/CN1CCn2c(C(=O)Nc3ccccc3Cl)cnc2C1. The van der Waals surface area contributed by atoms with Crippen LogP contribution in [0.4, 0.5) is 5.69 Å². The fourth-order valence-electron chi connectivity index (χ4n) is 2.76. The van der Waals surface area contributed by atoms with E-state index in [1.807, 2.05) is 16.7 Å². The Labute approximate surface area is 156 Å². The molecule has 1 amide bonds. The van der Waals surface area contributed by atoms with Gasteiger partial charge in [0.1, 0.15) is 11.5 Å². The molecule has 1 N–H and O–H groups in total. The van der Waals surface area contributed by atoms with Gasteiger partial charge in [-0.1, -0.05) is 29.8 Å². The van der Waals surface area contributed by atoms with Crippen LogP contribution < -0.4 is 5.32 Å². The number of para-hydroxylation sites is 1. The van der Waals surface area contributed by atoms with Gasteiger partial charge in [0.2, 0.25) is 0 Å². The van der Waals surface area contributed by atoms with Crippen LogP contribution in [0.25, 0.3) is 0 Å². The normalized spacial score (nSPS) is 14.2. The summed E-state index contributed by atoms with van der Waals surface area (Å²) in [5.41, 5.74) is 1.07. The molecule has 1 aromatic carbocycles. The molecule has 7 nitrogen and oxygen atoms in total. The number of nitrogens with one attached hydrogen (secondary N) is 1. The summed E-state index contributed by atoms with van der Waals surface area (Å²) < 4.78 is 6.48. The van der Waals surface area contributed by atoms with Crippen LogP contribution in [0.3, 0.4) is 0 Å². The smallest absolute Gasteiger partial charge is 0.330 e. The molecule has 3 rings (SSSR count). The Morgan fingerprint density at radius 2 is 2.15 bits per heavy atom. The number of nitrogens with zero attached hydrogens (tertiary/aromatic N) is 3. The van der Waals surface area contributed by atoms with E-state index in [9.17, 15) is 9.59 Å². The number of hydrogen-bond donors (Lipinski definition) is 1. The summed E-state index contributed by atoms with van der Waals surface area (Å²) >= 11 is 6.09. The minimum Gasteiger partial charge on any atom is -0.466 e. The Hall–Kier alpha value is -2.64. The molecule has 26 heavy (non-hydrogen) atoms. The van der Waals surface area contributed by atoms with Crippen LogP contribution in [0.2, 0.25) is 5.02 Å². The largest absolute Gasteiger partial charge is 0.466 e. The fraction of sp³-hybridized carbons (Fsp3) is 0.278. The van der Waals surface area contributed by atoms with E-state index in [1.165, 1.54) is 13.2 Å². The van der Waals surface area contributed by atoms with Gasteiger partial charge in [0.15, 0.2) is 0 Å². The van der Waals surface area contributed by atoms with E-state index < -0.39 is 0 Å². The molecule has 2 aromatic rings. The van der Waals surface area contributed by atoms with Crippen LogP contribution >= 0.6 is 11.6 Å². The summed E-state index contributed by atoms with van der Waals surface area (Å²) in [6.45, 7) is 2.61. The van der Waals surface area contributed by atoms with E-state index in [2.05, 4.69) is 19.9 Å². The number of imidazole rings is 1. The maximum Gasteiger partial charge on any atom is 0.330 e. The van der Waals surface area contributed by atoms with Gasteiger partial charge in [-0.2, -0.15) is 0 Å². The van der Waals surface area contributed by atoms with Gasteiger partial charge >= 0.3 is 5.97 Å². The zero-order chi connectivity index (χ0) is 18.5. The monoisotopic (exact) mass is 374 g/mol. The average molecular weight is 375 g/mol. The van der Waals surface area contributed by atoms with Crippen LogP contribution in [0.5, 0.6) is 0 Å². The molecule has 0 bridgehead atoms. The number of benzene rings is 1. The molecular weight excluding hydrogens is 356 g/mol. The number of rotatable bonds is 5. The third-order valence-electron chi connectivity index (χ3n) is 4.12. The third kappa shape index (κ3) is 4.12. The highest BCUT2D eigenvalue weighted by Gasteiger charge is 2.22. The molecule has 136 valence electrons. The summed E-state index contributed by atoms with van der Waals surface area (Å²) in [5, 5.41) is 3.31. The molecule has 8 heteroatoms. The number of carbonyl (C=O) groups is 2. The van der Waals surface area contributed by atoms with Gasteiger partial charge in [-0.15, -0.1) is 0 Å². The molecule has 0 spiro atoms. The Balaban J connectivity index is 1.65. The molecule has 1 aliphatic heterocycles. The quantitative estimate of drug-likeness (QED) is 0.642. The summed E-state index contributed by atoms with van der Waals surface area (Å²) in [6.07, 6.45) is 4.74. The molecule has 1 aliphatic rings. The second kappa shape index (κ2) is 8.16. The lowest BCUT2D eigenvalue weighted by Gasteiger charge is -2.27. The maximum absolute atomic E-state index is 12.6. The van der Waals surface area contributed by atoms with Crippen LogP contribution in [-0.2, 0) is 22.6 Å². The fourth-order valence-corrected chi connectivity index (χ4v) is 2.95. The first kappa shape index (κ1) is 18.2. The first-order valence-corrected chi connectivity index (χ1v) is 8.53. The standard InChI is InChI=1S/C18H19ClN4O3/c1-26-17(24)7-4-8-22-9-10-23-15(11-20-16(23)12-22)18(25)21-14-6-3-2-5-13(14)19/h2-7,11H,8-10,12H2,1H3,(H,21,25)/b7-4+. The number of anilines is 1. The van der Waals surface area contributed by atoms with Crippen molar-refractivity contribution in [1.82, 2.24) is 14.5 Å². The van der Waals surface area contributed by atoms with E-state index in [4.69, 9.17) is 11.6 Å². The lowest BCUT2D eigenvalue weighted by molar-refractivity contribution is -0.134. The number of esters is 1. The molecule has 2 heterocycles. The number of methoxy groups -OCH3 is 1. The number of halogens is 1. The highest BCUT2D eigenvalue weighted by atomic mass is 35.5. The Morgan fingerprint density at radius 1 is 1.35 bits per heavy atom. The minimum atomic E-state index is -0.373. The van der Waals surface area contributed by atoms with Gasteiger partial charge in [0.25, 0.3) is 5.91 Å². The molecule has 0 unspecified atom stereocenters. The molecule has 0 fully saturated rings. The summed E-state index contributed by atoms with van der Waals surface area (Å²) in [4.78, 5) is 30.2. The first-order valence-electron chi connectivity index (χ1n) is 8.15. The van der Waals surface area contributed by atoms with Crippen molar-refractivity contribution in [2.24, 2.45) is 0 Å². The van der Waals surface area contributed by atoms with E-state index in [-0.39, 0.29) is 11.9 Å². The second-order valence-corrected chi connectivity index (χ2v) is 6.21. The molecule has 0 saturated carbocycles. The lowest BCUT2D eigenvalue weighted by atomic mass is 10.3. The van der Waals surface area contributed by atoms with Crippen LogP contribution in [-0.4, -0.2) is 46.5 Å². The minimum absolute atomic E-state index is 0.240. The molecule has 1 aromatic heterocycles. The molecule has 0 saturated heterocycles. The first-order chi connectivity index (χ1) is 12.6. The summed E-state index contributed by atoms with van der Waals surface area (Å²) in [6, 6.07) is 7.10. The van der Waals surface area contributed by atoms with Crippen LogP contribution in [0.1, 0.15) is 16.3 Å². The number of amides is 1. The van der Waals surface area contributed by atoms with E-state index in [0.717, 1.165) is 12.4 Å². The van der Waals surface area contributed by atoms with Gasteiger partial charge in [0, 0.05) is 25.7 Å². The predicted octanol–water partition coefficient (Wildman–Crippen LogP) is 2.33. The molecule has 0 aliphatic carbocycles. The molecule has 0 atom stereocenters. The van der Waals surface area contributed by atoms with Gasteiger partial charge in [-0.05, 0) is 12.1 Å². The van der Waals surface area contributed by atoms with Crippen molar-refractivity contribution in [2.45, 2.75) is 13.1 Å². The Bertz CT molecular complexity index is 847. The van der Waals surface area contributed by atoms with Crippen molar-refractivity contribution >= 4 is 29.2 Å². The van der Waals surface area contributed by atoms with Gasteiger partial charge < -0.3 is 14.6 Å². The van der Waals surface area contributed by atoms with Gasteiger partial charge in [0.05, 0.1) is 30.6 Å². The van der Waals surface area contributed by atoms with Crippen molar-refractivity contribution in [2.75, 3.05) is 25.5 Å². The number of ether oxygens (including phenoxy) is 1.